The second-order valence-electron chi connectivity index (χ2n) is 6.67. The van der Waals surface area contributed by atoms with Crippen LogP contribution in [0.15, 0.2) is 54.6 Å². The van der Waals surface area contributed by atoms with Crippen LogP contribution in [-0.4, -0.2) is 43.7 Å². The lowest BCUT2D eigenvalue weighted by Gasteiger charge is -2.29. The fraction of sp³-hybridized carbons (Fsp3) is 0.381. The van der Waals surface area contributed by atoms with Crippen molar-refractivity contribution in [2.45, 2.75) is 25.6 Å². The molecule has 0 aromatic heterocycles. The number of anilines is 1. The highest BCUT2D eigenvalue weighted by Crippen LogP contribution is 2.20. The highest BCUT2D eigenvalue weighted by Gasteiger charge is 2.17. The van der Waals surface area contributed by atoms with Gasteiger partial charge in [0.15, 0.2) is 0 Å². The van der Waals surface area contributed by atoms with E-state index in [0.29, 0.717) is 6.61 Å². The van der Waals surface area contributed by atoms with Crippen molar-refractivity contribution in [1.29, 1.82) is 0 Å². The van der Waals surface area contributed by atoms with Gasteiger partial charge in [0.05, 0.1) is 6.61 Å². The van der Waals surface area contributed by atoms with Gasteiger partial charge < -0.3 is 19.7 Å². The van der Waals surface area contributed by atoms with Gasteiger partial charge in [0.25, 0.3) is 0 Å². The Labute approximate surface area is 154 Å². The van der Waals surface area contributed by atoms with Crippen LogP contribution in [-0.2, 0) is 16.1 Å². The molecule has 1 amide bonds. The first-order valence-electron chi connectivity index (χ1n) is 9.06. The molecule has 2 aromatic carbocycles. The number of likely N-dealkylation sites (tertiary alicyclic amines) is 1. The Morgan fingerprint density at radius 2 is 1.77 bits per heavy atom. The van der Waals surface area contributed by atoms with Crippen molar-refractivity contribution in [2.24, 2.45) is 0 Å². The van der Waals surface area contributed by atoms with E-state index in [0.717, 1.165) is 42.9 Å². The molecule has 5 heteroatoms. The Bertz CT molecular complexity index is 680. The summed E-state index contributed by atoms with van der Waals surface area (Å²) < 4.78 is 11.5. The molecule has 0 atom stereocenters. The number of carbonyl (C=O) groups is 1. The molecule has 0 saturated carbocycles. The van der Waals surface area contributed by atoms with Gasteiger partial charge >= 0.3 is 0 Å². The van der Waals surface area contributed by atoms with Crippen LogP contribution in [0.2, 0.25) is 0 Å². The molecule has 1 heterocycles. The van der Waals surface area contributed by atoms with Crippen LogP contribution in [0.25, 0.3) is 0 Å². The summed E-state index contributed by atoms with van der Waals surface area (Å²) in [6, 6.07) is 17.3. The summed E-state index contributed by atoms with van der Waals surface area (Å²) in [6.07, 6.45) is 2.37. The maximum Gasteiger partial charge on any atom is 0.250 e. The Balaban J connectivity index is 1.40. The summed E-state index contributed by atoms with van der Waals surface area (Å²) in [6.45, 7) is 2.60. The Hall–Kier alpha value is -2.37. The summed E-state index contributed by atoms with van der Waals surface area (Å²) in [5, 5.41) is 2.84. The average Bonchev–Trinajstić information content (AvgIpc) is 2.66. The van der Waals surface area contributed by atoms with Crippen LogP contribution in [0, 0.1) is 0 Å². The van der Waals surface area contributed by atoms with Crippen molar-refractivity contribution in [1.82, 2.24) is 4.90 Å². The Morgan fingerprint density at radius 1 is 1.08 bits per heavy atom. The number of amides is 1. The van der Waals surface area contributed by atoms with Crippen molar-refractivity contribution in [3.05, 3.63) is 60.2 Å². The van der Waals surface area contributed by atoms with E-state index in [9.17, 15) is 4.79 Å². The molecule has 26 heavy (non-hydrogen) atoms. The van der Waals surface area contributed by atoms with Crippen molar-refractivity contribution < 1.29 is 14.3 Å². The fourth-order valence-corrected chi connectivity index (χ4v) is 2.94. The second-order valence-corrected chi connectivity index (χ2v) is 6.67. The van der Waals surface area contributed by atoms with Gasteiger partial charge in [-0.05, 0) is 49.7 Å². The van der Waals surface area contributed by atoms with Gasteiger partial charge in [0.1, 0.15) is 18.5 Å². The van der Waals surface area contributed by atoms with Gasteiger partial charge in [-0.25, -0.2) is 0 Å². The highest BCUT2D eigenvalue weighted by molar-refractivity contribution is 5.91. The van der Waals surface area contributed by atoms with Crippen LogP contribution in [0.5, 0.6) is 5.75 Å². The van der Waals surface area contributed by atoms with Crippen molar-refractivity contribution in [3.63, 3.8) is 0 Å². The van der Waals surface area contributed by atoms with Crippen molar-refractivity contribution in [3.8, 4) is 5.75 Å². The zero-order chi connectivity index (χ0) is 18.2. The molecule has 1 fully saturated rings. The van der Waals surface area contributed by atoms with Crippen LogP contribution in [0.1, 0.15) is 18.4 Å². The number of benzene rings is 2. The predicted octanol–water partition coefficient (Wildman–Crippen LogP) is 3.31. The zero-order valence-corrected chi connectivity index (χ0v) is 15.2. The molecule has 5 nitrogen and oxygen atoms in total. The Kier molecular flexibility index (Phi) is 6.63. The van der Waals surface area contributed by atoms with E-state index in [1.54, 1.807) is 0 Å². The van der Waals surface area contributed by atoms with E-state index >= 15 is 0 Å². The van der Waals surface area contributed by atoms with E-state index in [4.69, 9.17) is 9.47 Å². The molecule has 0 spiro atoms. The maximum atomic E-state index is 12.0. The molecule has 0 radical (unpaired) electrons. The molecule has 0 aliphatic carbocycles. The third-order valence-corrected chi connectivity index (χ3v) is 4.45. The molecular weight excluding hydrogens is 328 g/mol. The first-order valence-corrected chi connectivity index (χ1v) is 9.06. The number of hydrogen-bond donors (Lipinski definition) is 1. The first kappa shape index (κ1) is 18.4. The summed E-state index contributed by atoms with van der Waals surface area (Å²) in [4.78, 5) is 14.3. The molecule has 138 valence electrons. The van der Waals surface area contributed by atoms with Crippen molar-refractivity contribution in [2.75, 3.05) is 32.1 Å². The number of piperidine rings is 1. The van der Waals surface area contributed by atoms with Crippen molar-refractivity contribution >= 4 is 11.6 Å². The normalized spacial score (nSPS) is 15.6. The molecule has 1 saturated heterocycles. The zero-order valence-electron chi connectivity index (χ0n) is 15.2. The molecule has 1 aliphatic heterocycles. The second kappa shape index (κ2) is 9.36. The number of rotatable bonds is 7. The number of ether oxygens (including phenoxy) is 2. The van der Waals surface area contributed by atoms with Crippen LogP contribution in [0.4, 0.5) is 5.69 Å². The van der Waals surface area contributed by atoms with Gasteiger partial charge in [0.2, 0.25) is 5.91 Å². The summed E-state index contributed by atoms with van der Waals surface area (Å²) in [7, 11) is 2.14. The largest absolute Gasteiger partial charge is 0.490 e. The Morgan fingerprint density at radius 3 is 2.46 bits per heavy atom. The van der Waals surface area contributed by atoms with E-state index in [1.165, 1.54) is 0 Å². The highest BCUT2D eigenvalue weighted by atomic mass is 16.5. The lowest BCUT2D eigenvalue weighted by molar-refractivity contribution is -0.121. The number of carbonyl (C=O) groups excluding carboxylic acids is 1. The SMILES string of the molecule is CN1CCC(Oc2ccc(NC(=O)COCc3ccccc3)cc2)CC1. The van der Waals surface area contributed by atoms with Gasteiger partial charge in [-0.15, -0.1) is 0 Å². The summed E-state index contributed by atoms with van der Waals surface area (Å²) >= 11 is 0. The van der Waals surface area contributed by atoms with E-state index in [-0.39, 0.29) is 18.6 Å². The van der Waals surface area contributed by atoms with Gasteiger partial charge in [-0.3, -0.25) is 4.79 Å². The minimum absolute atomic E-state index is 0.0305. The molecule has 3 rings (SSSR count). The predicted molar refractivity (Wildman–Crippen MR) is 102 cm³/mol. The number of hydrogen-bond acceptors (Lipinski definition) is 4. The van der Waals surface area contributed by atoms with Crippen LogP contribution in [0.3, 0.4) is 0 Å². The molecular formula is C21H26N2O3. The van der Waals surface area contributed by atoms with E-state index in [1.807, 2.05) is 54.6 Å². The minimum atomic E-state index is -0.162. The lowest BCUT2D eigenvalue weighted by atomic mass is 10.1. The first-order chi connectivity index (χ1) is 12.7. The molecule has 1 N–H and O–H groups in total. The van der Waals surface area contributed by atoms with Crippen LogP contribution < -0.4 is 10.1 Å². The third kappa shape index (κ3) is 5.86. The van der Waals surface area contributed by atoms with Crippen LogP contribution >= 0.6 is 0 Å². The fourth-order valence-electron chi connectivity index (χ4n) is 2.94. The number of nitrogens with zero attached hydrogens (tertiary/aromatic N) is 1. The smallest absolute Gasteiger partial charge is 0.250 e. The van der Waals surface area contributed by atoms with Gasteiger partial charge in [-0.2, -0.15) is 0 Å². The van der Waals surface area contributed by atoms with E-state index in [2.05, 4.69) is 17.3 Å². The summed E-state index contributed by atoms with van der Waals surface area (Å²) in [5.41, 5.74) is 1.80. The standard InChI is InChI=1S/C21H26N2O3/c1-23-13-11-20(12-14-23)26-19-9-7-18(8-10-19)22-21(24)16-25-15-17-5-3-2-4-6-17/h2-10,20H,11-16H2,1H3,(H,22,24). The minimum Gasteiger partial charge on any atom is -0.490 e. The summed E-state index contributed by atoms with van der Waals surface area (Å²) in [5.74, 6) is 0.683. The van der Waals surface area contributed by atoms with Gasteiger partial charge in [0, 0.05) is 18.8 Å². The average molecular weight is 354 g/mol. The van der Waals surface area contributed by atoms with Gasteiger partial charge in [-0.1, -0.05) is 30.3 Å². The number of nitrogens with one attached hydrogen (secondary N) is 1. The lowest BCUT2D eigenvalue weighted by Crippen LogP contribution is -2.35. The third-order valence-electron chi connectivity index (χ3n) is 4.45. The molecule has 0 bridgehead atoms. The molecule has 2 aromatic rings. The molecule has 0 unspecified atom stereocenters. The maximum absolute atomic E-state index is 12.0. The quantitative estimate of drug-likeness (QED) is 0.829. The van der Waals surface area contributed by atoms with E-state index < -0.39 is 0 Å². The topological polar surface area (TPSA) is 50.8 Å². The molecule has 1 aliphatic rings. The monoisotopic (exact) mass is 354 g/mol.